The molecule has 2 heterocycles. The van der Waals surface area contributed by atoms with Crippen LogP contribution in [0.25, 0.3) is 0 Å². The molecule has 0 aromatic carbocycles. The maximum Gasteiger partial charge on any atom is 0.307 e. The number of hydrogen-bond acceptors (Lipinski definition) is 3. The van der Waals surface area contributed by atoms with Crippen LogP contribution in [0.15, 0.2) is 0 Å². The largest absolute Gasteiger partial charge is 0.481 e. The van der Waals surface area contributed by atoms with E-state index in [0.29, 0.717) is 6.04 Å². The van der Waals surface area contributed by atoms with Gasteiger partial charge in [-0.3, -0.25) is 9.48 Å². The lowest BCUT2D eigenvalue weighted by Gasteiger charge is -2.32. The van der Waals surface area contributed by atoms with Crippen LogP contribution < -0.4 is 0 Å². The maximum atomic E-state index is 10.9. The highest BCUT2D eigenvalue weighted by Gasteiger charge is 2.20. The Balaban J connectivity index is 2.01. The third-order valence-corrected chi connectivity index (χ3v) is 4.45. The molecular weight excluding hydrogens is 254 g/mol. The summed E-state index contributed by atoms with van der Waals surface area (Å²) in [5, 5.41) is 13.5. The first kappa shape index (κ1) is 15.0. The van der Waals surface area contributed by atoms with Gasteiger partial charge in [-0.2, -0.15) is 5.10 Å². The first-order valence-electron chi connectivity index (χ1n) is 7.44. The van der Waals surface area contributed by atoms with Crippen LogP contribution in [-0.4, -0.2) is 45.4 Å². The molecule has 1 fully saturated rings. The van der Waals surface area contributed by atoms with Crippen molar-refractivity contribution in [2.24, 2.45) is 0 Å². The summed E-state index contributed by atoms with van der Waals surface area (Å²) in [6.07, 6.45) is 5.04. The summed E-state index contributed by atoms with van der Waals surface area (Å²) in [5.74, 6) is -0.789. The minimum atomic E-state index is -0.789. The number of nitrogens with zero attached hydrogens (tertiary/aromatic N) is 3. The second-order valence-electron chi connectivity index (χ2n) is 5.86. The van der Waals surface area contributed by atoms with Crippen molar-refractivity contribution in [2.75, 3.05) is 13.6 Å². The molecular formula is C15H25N3O2. The van der Waals surface area contributed by atoms with Crippen molar-refractivity contribution in [3.63, 3.8) is 0 Å². The summed E-state index contributed by atoms with van der Waals surface area (Å²) in [6.45, 7) is 5.94. The van der Waals surface area contributed by atoms with Gasteiger partial charge in [0.15, 0.2) is 0 Å². The third-order valence-electron chi connectivity index (χ3n) is 4.45. The number of hydrogen-bond donors (Lipinski definition) is 1. The maximum absolute atomic E-state index is 10.9. The summed E-state index contributed by atoms with van der Waals surface area (Å²) in [4.78, 5) is 13.3. The van der Waals surface area contributed by atoms with Crippen LogP contribution in [0.1, 0.15) is 42.6 Å². The standard InChI is InChI=1S/C15H25N3O2/c1-11-14(10-15(19)20)12(2)18(16-11)9-7-13-6-4-5-8-17(13)3/h13H,4-10H2,1-3H3,(H,19,20). The lowest BCUT2D eigenvalue weighted by Crippen LogP contribution is -2.36. The van der Waals surface area contributed by atoms with E-state index in [1.807, 2.05) is 18.5 Å². The van der Waals surface area contributed by atoms with Crippen molar-refractivity contribution in [1.29, 1.82) is 0 Å². The number of piperidine rings is 1. The molecule has 1 aliphatic heterocycles. The molecule has 1 aromatic heterocycles. The molecule has 1 aliphatic rings. The summed E-state index contributed by atoms with van der Waals surface area (Å²) in [5.41, 5.74) is 2.72. The van der Waals surface area contributed by atoms with Crippen molar-refractivity contribution in [1.82, 2.24) is 14.7 Å². The molecule has 0 amide bonds. The monoisotopic (exact) mass is 279 g/mol. The summed E-state index contributed by atoms with van der Waals surface area (Å²) < 4.78 is 1.98. The lowest BCUT2D eigenvalue weighted by molar-refractivity contribution is -0.136. The number of likely N-dealkylation sites (tertiary alicyclic amines) is 1. The van der Waals surface area contributed by atoms with Crippen LogP contribution in [-0.2, 0) is 17.8 Å². The van der Waals surface area contributed by atoms with E-state index in [2.05, 4.69) is 17.0 Å². The fourth-order valence-corrected chi connectivity index (χ4v) is 3.14. The van der Waals surface area contributed by atoms with Gasteiger partial charge >= 0.3 is 5.97 Å². The van der Waals surface area contributed by atoms with Crippen LogP contribution in [0.5, 0.6) is 0 Å². The molecule has 0 radical (unpaired) electrons. The van der Waals surface area contributed by atoms with Gasteiger partial charge < -0.3 is 10.0 Å². The van der Waals surface area contributed by atoms with Crippen LogP contribution in [0.3, 0.4) is 0 Å². The Morgan fingerprint density at radius 2 is 2.15 bits per heavy atom. The highest BCUT2D eigenvalue weighted by molar-refractivity contribution is 5.70. The smallest absolute Gasteiger partial charge is 0.307 e. The lowest BCUT2D eigenvalue weighted by atomic mass is 10.0. The summed E-state index contributed by atoms with van der Waals surface area (Å²) in [6, 6.07) is 0.635. The number of carboxylic acids is 1. The molecule has 20 heavy (non-hydrogen) atoms. The van der Waals surface area contributed by atoms with Gasteiger partial charge in [0.25, 0.3) is 0 Å². The zero-order chi connectivity index (χ0) is 14.7. The van der Waals surface area contributed by atoms with E-state index in [0.717, 1.165) is 29.9 Å². The van der Waals surface area contributed by atoms with Gasteiger partial charge in [0.2, 0.25) is 0 Å². The van der Waals surface area contributed by atoms with E-state index in [-0.39, 0.29) is 6.42 Å². The van der Waals surface area contributed by atoms with Crippen molar-refractivity contribution < 1.29 is 9.90 Å². The third kappa shape index (κ3) is 3.39. The van der Waals surface area contributed by atoms with Crippen molar-refractivity contribution >= 4 is 5.97 Å². The van der Waals surface area contributed by atoms with Crippen LogP contribution >= 0.6 is 0 Å². The summed E-state index contributed by atoms with van der Waals surface area (Å²) >= 11 is 0. The predicted molar refractivity (Wildman–Crippen MR) is 77.9 cm³/mol. The van der Waals surface area contributed by atoms with Crippen molar-refractivity contribution in [2.45, 2.75) is 58.5 Å². The second kappa shape index (κ2) is 6.39. The fraction of sp³-hybridized carbons (Fsp3) is 0.733. The van der Waals surface area contributed by atoms with Crippen LogP contribution in [0.2, 0.25) is 0 Å². The Labute approximate surface area is 120 Å². The Hall–Kier alpha value is -1.36. The molecule has 0 aliphatic carbocycles. The van der Waals surface area contributed by atoms with Gasteiger partial charge in [-0.05, 0) is 46.7 Å². The highest BCUT2D eigenvalue weighted by atomic mass is 16.4. The minimum Gasteiger partial charge on any atom is -0.481 e. The highest BCUT2D eigenvalue weighted by Crippen LogP contribution is 2.20. The van der Waals surface area contributed by atoms with Gasteiger partial charge in [-0.15, -0.1) is 0 Å². The number of carbonyl (C=O) groups is 1. The number of aryl methyl sites for hydroxylation is 2. The van der Waals surface area contributed by atoms with E-state index in [1.54, 1.807) is 0 Å². The molecule has 112 valence electrons. The molecule has 1 aromatic rings. The summed E-state index contributed by atoms with van der Waals surface area (Å²) in [7, 11) is 2.20. The number of rotatable bonds is 5. The van der Waals surface area contributed by atoms with Gasteiger partial charge in [0.05, 0.1) is 12.1 Å². The van der Waals surface area contributed by atoms with Gasteiger partial charge in [-0.25, -0.2) is 0 Å². The number of aromatic nitrogens is 2. The molecule has 0 bridgehead atoms. The average molecular weight is 279 g/mol. The van der Waals surface area contributed by atoms with Gasteiger partial charge in [0.1, 0.15) is 0 Å². The first-order valence-corrected chi connectivity index (χ1v) is 7.44. The molecule has 1 N–H and O–H groups in total. The van der Waals surface area contributed by atoms with Crippen molar-refractivity contribution in [3.8, 4) is 0 Å². The van der Waals surface area contributed by atoms with E-state index < -0.39 is 5.97 Å². The second-order valence-corrected chi connectivity index (χ2v) is 5.86. The minimum absolute atomic E-state index is 0.0704. The van der Waals surface area contributed by atoms with E-state index in [1.165, 1.54) is 25.8 Å². The Kier molecular flexibility index (Phi) is 4.81. The molecule has 0 saturated carbocycles. The van der Waals surface area contributed by atoms with Crippen LogP contribution in [0, 0.1) is 13.8 Å². The molecule has 5 heteroatoms. The Morgan fingerprint density at radius 3 is 2.80 bits per heavy atom. The van der Waals surface area contributed by atoms with Gasteiger partial charge in [0, 0.05) is 23.8 Å². The molecule has 1 unspecified atom stereocenters. The predicted octanol–water partition coefficient (Wildman–Crippen LogP) is 2.00. The number of aliphatic carboxylic acids is 1. The van der Waals surface area contributed by atoms with Crippen LogP contribution in [0.4, 0.5) is 0 Å². The molecule has 0 spiro atoms. The van der Waals surface area contributed by atoms with E-state index in [4.69, 9.17) is 5.11 Å². The SMILES string of the molecule is Cc1nn(CCC2CCCCN2C)c(C)c1CC(=O)O. The van der Waals surface area contributed by atoms with E-state index >= 15 is 0 Å². The molecule has 2 rings (SSSR count). The first-order chi connectivity index (χ1) is 9.49. The van der Waals surface area contributed by atoms with Crippen molar-refractivity contribution in [3.05, 3.63) is 17.0 Å². The fourth-order valence-electron chi connectivity index (χ4n) is 3.14. The van der Waals surface area contributed by atoms with E-state index in [9.17, 15) is 4.79 Å². The van der Waals surface area contributed by atoms with Gasteiger partial charge in [-0.1, -0.05) is 6.42 Å². The quantitative estimate of drug-likeness (QED) is 0.895. The Bertz CT molecular complexity index is 482. The molecule has 5 nitrogen and oxygen atoms in total. The Morgan fingerprint density at radius 1 is 1.40 bits per heavy atom. The molecule has 1 atom stereocenters. The number of carboxylic acid groups (broad SMARTS) is 1. The zero-order valence-electron chi connectivity index (χ0n) is 12.7. The molecule has 1 saturated heterocycles. The topological polar surface area (TPSA) is 58.4 Å². The zero-order valence-corrected chi connectivity index (χ0v) is 12.7. The normalized spacial score (nSPS) is 20.2. The average Bonchev–Trinajstić information content (AvgIpc) is 2.65.